The van der Waals surface area contributed by atoms with Crippen LogP contribution in [0, 0.1) is 0 Å². The molecule has 1 aromatic heterocycles. The Hall–Kier alpha value is -7.42. The maximum atomic E-state index is 6.57. The molecule has 2 nitrogen and oxygen atoms in total. The number of rotatable bonds is 3. The standard InChI is InChI=1S/C55H33NO/c1-2-16-38-36(14-1)37-15-3-4-17-39(37)46-32-34(28-30-40(38)46)56(35-29-31-44-43-20-8-12-27-52(43)57-53(44)33-35)51-26-13-25-50-54(51)45-21-7-11-24-49(45)55(50)47-22-9-5-18-41(47)42-19-6-10-23-48(42)55/h1-33H. The van der Waals surface area contributed by atoms with Crippen molar-refractivity contribution in [2.45, 2.75) is 5.41 Å². The molecule has 0 amide bonds. The number of anilines is 3. The van der Waals surface area contributed by atoms with E-state index >= 15 is 0 Å². The van der Waals surface area contributed by atoms with E-state index in [2.05, 4.69) is 199 Å². The summed E-state index contributed by atoms with van der Waals surface area (Å²) in [6.45, 7) is 0. The normalized spacial score (nSPS) is 13.4. The molecule has 2 aliphatic carbocycles. The van der Waals surface area contributed by atoms with Crippen molar-refractivity contribution in [3.05, 3.63) is 222 Å². The SMILES string of the molecule is c1ccc2c(c1)-c1ccccc1C21c2ccccc2-c2c(N(c3ccc4c(c3)oc3ccccc34)c3ccc4c5ccccc5c5ccccc5c4c3)cccc21. The Bertz CT molecular complexity index is 3420. The second-order valence-electron chi connectivity index (χ2n) is 15.5. The molecular weight excluding hydrogens is 691 g/mol. The van der Waals surface area contributed by atoms with Crippen molar-refractivity contribution in [2.24, 2.45) is 0 Å². The van der Waals surface area contributed by atoms with Gasteiger partial charge in [-0.05, 0) is 108 Å². The second kappa shape index (κ2) is 11.3. The maximum absolute atomic E-state index is 6.57. The number of furan rings is 1. The summed E-state index contributed by atoms with van der Waals surface area (Å²) in [5.74, 6) is 0. The number of nitrogens with zero attached hydrogens (tertiary/aromatic N) is 1. The zero-order valence-electron chi connectivity index (χ0n) is 30.9. The largest absolute Gasteiger partial charge is 0.456 e. The van der Waals surface area contributed by atoms with Crippen LogP contribution < -0.4 is 4.90 Å². The number of benzene rings is 10. The number of fused-ring (bicyclic) bond motifs is 19. The van der Waals surface area contributed by atoms with E-state index < -0.39 is 5.41 Å². The van der Waals surface area contributed by atoms with E-state index in [1.54, 1.807) is 0 Å². The van der Waals surface area contributed by atoms with Crippen LogP contribution in [0.15, 0.2) is 205 Å². The highest BCUT2D eigenvalue weighted by Crippen LogP contribution is 2.64. The van der Waals surface area contributed by atoms with Gasteiger partial charge in [-0.3, -0.25) is 0 Å². The van der Waals surface area contributed by atoms with Crippen molar-refractivity contribution in [2.75, 3.05) is 4.90 Å². The average molecular weight is 724 g/mol. The summed E-state index contributed by atoms with van der Waals surface area (Å²) < 4.78 is 6.57. The van der Waals surface area contributed by atoms with Gasteiger partial charge in [0.2, 0.25) is 0 Å². The molecule has 11 aromatic rings. The predicted octanol–water partition coefficient (Wildman–Crippen LogP) is 14.9. The zero-order valence-corrected chi connectivity index (χ0v) is 30.9. The first-order valence-corrected chi connectivity index (χ1v) is 19.8. The van der Waals surface area contributed by atoms with Crippen LogP contribution in [0.1, 0.15) is 22.3 Å². The van der Waals surface area contributed by atoms with Crippen LogP contribution in [0.4, 0.5) is 17.1 Å². The third-order valence-electron chi connectivity index (χ3n) is 12.8. The van der Waals surface area contributed by atoms with Gasteiger partial charge in [-0.1, -0.05) is 158 Å². The minimum Gasteiger partial charge on any atom is -0.456 e. The van der Waals surface area contributed by atoms with Gasteiger partial charge in [0.1, 0.15) is 11.2 Å². The van der Waals surface area contributed by atoms with E-state index in [1.165, 1.54) is 76.8 Å². The van der Waals surface area contributed by atoms with Crippen LogP contribution >= 0.6 is 0 Å². The van der Waals surface area contributed by atoms with Gasteiger partial charge < -0.3 is 9.32 Å². The third kappa shape index (κ3) is 3.99. The highest BCUT2D eigenvalue weighted by Gasteiger charge is 2.52. The molecule has 0 radical (unpaired) electrons. The number of hydrogen-bond donors (Lipinski definition) is 0. The lowest BCUT2D eigenvalue weighted by molar-refractivity contribution is 0.669. The van der Waals surface area contributed by atoms with Crippen LogP contribution in [-0.2, 0) is 5.41 Å². The Morgan fingerprint density at radius 1 is 0.316 bits per heavy atom. The second-order valence-corrected chi connectivity index (χ2v) is 15.5. The Balaban J connectivity index is 1.14. The smallest absolute Gasteiger partial charge is 0.137 e. The van der Waals surface area contributed by atoms with Gasteiger partial charge in [0.15, 0.2) is 0 Å². The van der Waals surface area contributed by atoms with Crippen molar-refractivity contribution in [1.82, 2.24) is 0 Å². The molecule has 0 fully saturated rings. The Morgan fingerprint density at radius 2 is 0.772 bits per heavy atom. The first-order valence-electron chi connectivity index (χ1n) is 19.8. The molecule has 1 heterocycles. The van der Waals surface area contributed by atoms with Gasteiger partial charge >= 0.3 is 0 Å². The molecule has 0 aliphatic heterocycles. The van der Waals surface area contributed by atoms with Crippen LogP contribution in [0.3, 0.4) is 0 Å². The fraction of sp³-hybridized carbons (Fsp3) is 0.0182. The molecule has 2 heteroatoms. The molecule has 2 aliphatic rings. The number of hydrogen-bond acceptors (Lipinski definition) is 2. The van der Waals surface area contributed by atoms with E-state index in [-0.39, 0.29) is 0 Å². The first-order chi connectivity index (χ1) is 28.3. The average Bonchev–Trinajstić information content (AvgIpc) is 3.91. The topological polar surface area (TPSA) is 16.4 Å². The van der Waals surface area contributed by atoms with Gasteiger partial charge in [0.25, 0.3) is 0 Å². The summed E-state index contributed by atoms with van der Waals surface area (Å²) in [4.78, 5) is 2.47. The quantitative estimate of drug-likeness (QED) is 0.169. The van der Waals surface area contributed by atoms with Gasteiger partial charge in [0.05, 0.1) is 11.1 Å². The van der Waals surface area contributed by atoms with Crippen molar-refractivity contribution in [3.8, 4) is 22.3 Å². The molecule has 10 aromatic carbocycles. The molecule has 0 unspecified atom stereocenters. The molecule has 0 N–H and O–H groups in total. The molecular formula is C55H33NO. The maximum Gasteiger partial charge on any atom is 0.137 e. The lowest BCUT2D eigenvalue weighted by Crippen LogP contribution is -2.26. The Morgan fingerprint density at radius 3 is 1.44 bits per heavy atom. The minimum absolute atomic E-state index is 0.442. The highest BCUT2D eigenvalue weighted by atomic mass is 16.3. The molecule has 1 spiro atoms. The van der Waals surface area contributed by atoms with Crippen LogP contribution in [0.25, 0.3) is 76.5 Å². The molecule has 0 saturated heterocycles. The molecule has 13 rings (SSSR count). The fourth-order valence-corrected chi connectivity index (χ4v) is 10.6. The van der Waals surface area contributed by atoms with E-state index in [4.69, 9.17) is 4.42 Å². The van der Waals surface area contributed by atoms with E-state index in [9.17, 15) is 0 Å². The third-order valence-corrected chi connectivity index (χ3v) is 12.8. The summed E-state index contributed by atoms with van der Waals surface area (Å²) in [5.41, 5.74) is 15.1. The van der Waals surface area contributed by atoms with Gasteiger partial charge in [0, 0.05) is 33.8 Å². The molecule has 57 heavy (non-hydrogen) atoms. The molecule has 0 saturated carbocycles. The molecule has 264 valence electrons. The van der Waals surface area contributed by atoms with Crippen LogP contribution in [0.2, 0.25) is 0 Å². The van der Waals surface area contributed by atoms with Gasteiger partial charge in [-0.15, -0.1) is 0 Å². The van der Waals surface area contributed by atoms with E-state index in [0.29, 0.717) is 0 Å². The molecule has 0 atom stereocenters. The Kier molecular flexibility index (Phi) is 6.13. The summed E-state index contributed by atoms with van der Waals surface area (Å²) in [5, 5.41) is 9.80. The van der Waals surface area contributed by atoms with Gasteiger partial charge in [-0.25, -0.2) is 0 Å². The lowest BCUT2D eigenvalue weighted by atomic mass is 9.70. The summed E-state index contributed by atoms with van der Waals surface area (Å²) in [6, 6.07) is 73.8. The van der Waals surface area contributed by atoms with Crippen LogP contribution in [-0.4, -0.2) is 0 Å². The highest BCUT2D eigenvalue weighted by molar-refractivity contribution is 6.26. The minimum atomic E-state index is -0.442. The monoisotopic (exact) mass is 723 g/mol. The zero-order chi connectivity index (χ0) is 37.2. The lowest BCUT2D eigenvalue weighted by Gasteiger charge is -2.32. The van der Waals surface area contributed by atoms with Crippen molar-refractivity contribution < 1.29 is 4.42 Å². The summed E-state index contributed by atoms with van der Waals surface area (Å²) >= 11 is 0. The number of para-hydroxylation sites is 1. The Labute approximate surface area is 329 Å². The predicted molar refractivity (Wildman–Crippen MR) is 237 cm³/mol. The van der Waals surface area contributed by atoms with Crippen LogP contribution in [0.5, 0.6) is 0 Å². The summed E-state index contributed by atoms with van der Waals surface area (Å²) in [6.07, 6.45) is 0. The summed E-state index contributed by atoms with van der Waals surface area (Å²) in [7, 11) is 0. The van der Waals surface area contributed by atoms with Crippen molar-refractivity contribution in [1.29, 1.82) is 0 Å². The van der Waals surface area contributed by atoms with E-state index in [1.807, 2.05) is 6.07 Å². The fourth-order valence-electron chi connectivity index (χ4n) is 10.6. The van der Waals surface area contributed by atoms with Gasteiger partial charge in [-0.2, -0.15) is 0 Å². The first kappa shape index (κ1) is 30.9. The molecule has 0 bridgehead atoms. The van der Waals surface area contributed by atoms with Crippen molar-refractivity contribution in [3.63, 3.8) is 0 Å². The van der Waals surface area contributed by atoms with E-state index in [0.717, 1.165) is 39.0 Å². The van der Waals surface area contributed by atoms with Crippen molar-refractivity contribution >= 4 is 71.3 Å².